The molecule has 0 aliphatic carbocycles. The number of aliphatic carboxylic acids is 1. The molecule has 0 saturated carbocycles. The van der Waals surface area contributed by atoms with E-state index >= 15 is 0 Å². The summed E-state index contributed by atoms with van der Waals surface area (Å²) in [7, 11) is 0. The van der Waals surface area contributed by atoms with Crippen LogP contribution in [0.4, 0.5) is 0 Å². The summed E-state index contributed by atoms with van der Waals surface area (Å²) >= 11 is 0. The average molecular weight is 495 g/mol. The van der Waals surface area contributed by atoms with Gasteiger partial charge in [-0.3, -0.25) is 24.0 Å². The summed E-state index contributed by atoms with van der Waals surface area (Å²) in [5.41, 5.74) is 16.3. The fourth-order valence-electron chi connectivity index (χ4n) is 2.92. The molecule has 0 saturated heterocycles. The molecule has 1 aromatic carbocycles. The summed E-state index contributed by atoms with van der Waals surface area (Å²) in [6.45, 7) is -0.680. The molecule has 4 unspecified atom stereocenters. The third-order valence-electron chi connectivity index (χ3n) is 4.78. The number of nitrogens with two attached hydrogens (primary N) is 3. The number of carboxylic acids is 1. The monoisotopic (exact) mass is 494 g/mol. The zero-order valence-corrected chi connectivity index (χ0v) is 18.8. The number of aliphatic hydroxyl groups is 1. The number of rotatable bonds is 15. The molecule has 0 heterocycles. The van der Waals surface area contributed by atoms with Crippen LogP contribution in [0.25, 0.3) is 0 Å². The van der Waals surface area contributed by atoms with Gasteiger partial charge < -0.3 is 43.4 Å². The molecule has 0 fully saturated rings. The Kier molecular flexibility index (Phi) is 11.8. The highest BCUT2D eigenvalue weighted by atomic mass is 16.4. The van der Waals surface area contributed by atoms with E-state index in [1.807, 2.05) is 0 Å². The lowest BCUT2D eigenvalue weighted by atomic mass is 10.0. The zero-order chi connectivity index (χ0) is 26.5. The molecule has 1 aromatic rings. The van der Waals surface area contributed by atoms with E-state index in [2.05, 4.69) is 16.0 Å². The van der Waals surface area contributed by atoms with Gasteiger partial charge in [0.05, 0.1) is 13.0 Å². The molecule has 14 heteroatoms. The number of carboxylic acid groups (broad SMARTS) is 1. The van der Waals surface area contributed by atoms with Crippen LogP contribution < -0.4 is 33.2 Å². The van der Waals surface area contributed by atoms with E-state index in [1.165, 1.54) is 0 Å². The van der Waals surface area contributed by atoms with Gasteiger partial charge in [0.1, 0.15) is 24.2 Å². The van der Waals surface area contributed by atoms with Crippen LogP contribution in [0.3, 0.4) is 0 Å². The first kappa shape index (κ1) is 29.0. The van der Waals surface area contributed by atoms with Crippen molar-refractivity contribution in [1.29, 1.82) is 0 Å². The molecular weight excluding hydrogens is 464 g/mol. The lowest BCUT2D eigenvalue weighted by Crippen LogP contribution is -2.58. The second-order valence-corrected chi connectivity index (χ2v) is 7.68. The Hall–Kier alpha value is -4.04. The highest BCUT2D eigenvalue weighted by Gasteiger charge is 2.31. The van der Waals surface area contributed by atoms with Gasteiger partial charge in [0.15, 0.2) is 0 Å². The minimum atomic E-state index is -1.59. The van der Waals surface area contributed by atoms with Gasteiger partial charge in [-0.15, -0.1) is 0 Å². The van der Waals surface area contributed by atoms with Gasteiger partial charge in [0.2, 0.25) is 29.5 Å². The van der Waals surface area contributed by atoms with Crippen molar-refractivity contribution < 1.29 is 39.0 Å². The van der Waals surface area contributed by atoms with Crippen LogP contribution in [0, 0.1) is 0 Å². The summed E-state index contributed by atoms with van der Waals surface area (Å²) in [4.78, 5) is 71.7. The minimum Gasteiger partial charge on any atom is -0.480 e. The molecule has 0 aromatic heterocycles. The lowest BCUT2D eigenvalue weighted by molar-refractivity contribution is -0.142. The fraction of sp³-hybridized carbons (Fsp3) is 0.429. The van der Waals surface area contributed by atoms with Crippen LogP contribution in [0.1, 0.15) is 24.8 Å². The second kappa shape index (κ2) is 14.3. The van der Waals surface area contributed by atoms with Gasteiger partial charge in [-0.1, -0.05) is 30.3 Å². The summed E-state index contributed by atoms with van der Waals surface area (Å²) < 4.78 is 0. The average Bonchev–Trinajstić information content (AvgIpc) is 2.79. The second-order valence-electron chi connectivity index (χ2n) is 7.68. The van der Waals surface area contributed by atoms with Crippen molar-refractivity contribution in [2.24, 2.45) is 17.2 Å². The largest absolute Gasteiger partial charge is 0.480 e. The Morgan fingerprint density at radius 1 is 0.800 bits per heavy atom. The van der Waals surface area contributed by atoms with Crippen molar-refractivity contribution in [3.63, 3.8) is 0 Å². The van der Waals surface area contributed by atoms with Crippen molar-refractivity contribution in [3.8, 4) is 0 Å². The van der Waals surface area contributed by atoms with Crippen molar-refractivity contribution in [3.05, 3.63) is 35.9 Å². The molecule has 4 atom stereocenters. The molecule has 5 amide bonds. The Labute approximate surface area is 200 Å². The van der Waals surface area contributed by atoms with Gasteiger partial charge in [-0.2, -0.15) is 0 Å². The standard InChI is InChI=1S/C21H30N6O8/c22-12(10-28)18(31)26-14(8-11-4-2-1-3-5-11)19(32)27-15(9-17(24)30)20(33)25-13(21(34)35)6-7-16(23)29/h1-5,12-15,28H,6-10,22H2,(H2,23,29)(H2,24,30)(H,25,33)(H,26,31)(H,27,32)(H,34,35). The molecule has 0 radical (unpaired) electrons. The highest BCUT2D eigenvalue weighted by Crippen LogP contribution is 2.06. The minimum absolute atomic E-state index is 0.0299. The van der Waals surface area contributed by atoms with Crippen LogP contribution >= 0.6 is 0 Å². The van der Waals surface area contributed by atoms with E-state index in [-0.39, 0.29) is 19.3 Å². The number of benzene rings is 1. The molecule has 0 spiro atoms. The van der Waals surface area contributed by atoms with Crippen LogP contribution in [0.2, 0.25) is 0 Å². The van der Waals surface area contributed by atoms with Crippen molar-refractivity contribution >= 4 is 35.5 Å². The van der Waals surface area contributed by atoms with Gasteiger partial charge in [0, 0.05) is 12.8 Å². The van der Waals surface area contributed by atoms with Crippen LogP contribution in [0.15, 0.2) is 30.3 Å². The van der Waals surface area contributed by atoms with E-state index in [0.29, 0.717) is 5.56 Å². The van der Waals surface area contributed by atoms with Gasteiger partial charge in [-0.05, 0) is 12.0 Å². The van der Waals surface area contributed by atoms with Gasteiger partial charge >= 0.3 is 5.97 Å². The maximum atomic E-state index is 13.0. The maximum Gasteiger partial charge on any atom is 0.326 e. The SMILES string of the molecule is NC(=O)CCC(NC(=O)C(CC(N)=O)NC(=O)C(Cc1ccccc1)NC(=O)C(N)CO)C(=O)O. The predicted molar refractivity (Wildman–Crippen MR) is 121 cm³/mol. The molecule has 0 aliphatic heterocycles. The fourth-order valence-corrected chi connectivity index (χ4v) is 2.92. The molecule has 0 aliphatic rings. The topological polar surface area (TPSA) is 257 Å². The molecule has 1 rings (SSSR count). The number of nitrogens with one attached hydrogen (secondary N) is 3. The number of carbonyl (C=O) groups is 6. The number of amides is 5. The summed E-state index contributed by atoms with van der Waals surface area (Å²) in [5.74, 6) is -6.00. The summed E-state index contributed by atoms with van der Waals surface area (Å²) in [6, 6.07) is 2.82. The quantitative estimate of drug-likeness (QED) is 0.119. The van der Waals surface area contributed by atoms with Crippen molar-refractivity contribution in [1.82, 2.24) is 16.0 Å². The van der Waals surface area contributed by atoms with Crippen LogP contribution in [0.5, 0.6) is 0 Å². The lowest BCUT2D eigenvalue weighted by Gasteiger charge is -2.24. The van der Waals surface area contributed by atoms with E-state index in [0.717, 1.165) is 0 Å². The first-order valence-corrected chi connectivity index (χ1v) is 10.6. The Morgan fingerprint density at radius 2 is 1.34 bits per heavy atom. The van der Waals surface area contributed by atoms with Crippen LogP contribution in [-0.2, 0) is 35.2 Å². The molecule has 192 valence electrons. The van der Waals surface area contributed by atoms with Gasteiger partial charge in [0.25, 0.3) is 0 Å². The van der Waals surface area contributed by atoms with Crippen LogP contribution in [-0.4, -0.2) is 76.5 Å². The highest BCUT2D eigenvalue weighted by molar-refractivity contribution is 5.96. The van der Waals surface area contributed by atoms with Crippen molar-refractivity contribution in [2.75, 3.05) is 6.61 Å². The number of primary amides is 2. The molecule has 14 nitrogen and oxygen atoms in total. The number of hydrogen-bond acceptors (Lipinski definition) is 8. The van der Waals surface area contributed by atoms with E-state index in [4.69, 9.17) is 22.3 Å². The van der Waals surface area contributed by atoms with E-state index in [1.54, 1.807) is 30.3 Å². The Bertz CT molecular complexity index is 926. The maximum absolute atomic E-state index is 13.0. The van der Waals surface area contributed by atoms with E-state index < -0.39 is 72.7 Å². The normalized spacial score (nSPS) is 14.0. The number of aliphatic hydroxyl groups excluding tert-OH is 1. The third kappa shape index (κ3) is 10.6. The summed E-state index contributed by atoms with van der Waals surface area (Å²) in [6.07, 6.45) is -1.36. The molecule has 35 heavy (non-hydrogen) atoms. The molecule has 11 N–H and O–H groups in total. The number of carbonyl (C=O) groups excluding carboxylic acids is 5. The number of hydrogen-bond donors (Lipinski definition) is 8. The molecular formula is C21H30N6O8. The Balaban J connectivity index is 3.07. The van der Waals surface area contributed by atoms with Crippen molar-refractivity contribution in [2.45, 2.75) is 49.9 Å². The van der Waals surface area contributed by atoms with Gasteiger partial charge in [-0.25, -0.2) is 4.79 Å². The molecule has 0 bridgehead atoms. The summed E-state index contributed by atoms with van der Waals surface area (Å²) in [5, 5.41) is 25.2. The zero-order valence-electron chi connectivity index (χ0n) is 18.8. The smallest absolute Gasteiger partial charge is 0.326 e. The Morgan fingerprint density at radius 3 is 1.86 bits per heavy atom. The first-order chi connectivity index (χ1) is 16.4. The van der Waals surface area contributed by atoms with E-state index in [9.17, 15) is 33.9 Å². The predicted octanol–water partition coefficient (Wildman–Crippen LogP) is -3.77. The third-order valence-corrected chi connectivity index (χ3v) is 4.78. The first-order valence-electron chi connectivity index (χ1n) is 10.6.